The van der Waals surface area contributed by atoms with Crippen LogP contribution in [-0.2, 0) is 20.1 Å². The van der Waals surface area contributed by atoms with Crippen molar-refractivity contribution in [1.82, 2.24) is 19.8 Å². The number of para-hydroxylation sites is 2. The Morgan fingerprint density at radius 3 is 2.62 bits per heavy atom. The third-order valence-electron chi connectivity index (χ3n) is 4.28. The number of aryl methyl sites for hydroxylation is 1. The van der Waals surface area contributed by atoms with Crippen LogP contribution in [0.5, 0.6) is 0 Å². The molecule has 0 aliphatic carbocycles. The highest BCUT2D eigenvalue weighted by Gasteiger charge is 2.10. The Labute approximate surface area is 153 Å². The maximum absolute atomic E-state index is 13.1. The lowest BCUT2D eigenvalue weighted by atomic mass is 10.2. The number of fused-ring (bicyclic) bond motifs is 1. The molecular weight excluding hydrogens is 329 g/mol. The standard InChI is InChI=1S/C20H24FN5/c1-4-22-20(25(2)14-15-9-11-16(21)12-10-15)23-13-19-24-17-7-5-6-8-18(17)26(19)3/h5-12H,4,13-14H2,1-3H3,(H,22,23). The number of nitrogens with zero attached hydrogens (tertiary/aromatic N) is 4. The molecule has 0 saturated heterocycles. The minimum atomic E-state index is -0.223. The van der Waals surface area contributed by atoms with E-state index < -0.39 is 0 Å². The molecule has 1 aromatic heterocycles. The number of rotatable bonds is 5. The molecular formula is C20H24FN5. The molecule has 3 rings (SSSR count). The maximum Gasteiger partial charge on any atom is 0.194 e. The van der Waals surface area contributed by atoms with Gasteiger partial charge in [-0.25, -0.2) is 14.4 Å². The first-order valence-electron chi connectivity index (χ1n) is 8.72. The van der Waals surface area contributed by atoms with Crippen LogP contribution in [0.1, 0.15) is 18.3 Å². The minimum Gasteiger partial charge on any atom is -0.357 e. The molecule has 5 nitrogen and oxygen atoms in total. The molecule has 2 aromatic carbocycles. The van der Waals surface area contributed by atoms with Crippen molar-refractivity contribution in [3.63, 3.8) is 0 Å². The van der Waals surface area contributed by atoms with Crippen LogP contribution in [0.2, 0.25) is 0 Å². The van der Waals surface area contributed by atoms with Gasteiger partial charge in [0.05, 0.1) is 11.0 Å². The van der Waals surface area contributed by atoms with Crippen molar-refractivity contribution in [3.05, 3.63) is 65.7 Å². The second kappa shape index (κ2) is 7.99. The quantitative estimate of drug-likeness (QED) is 0.565. The molecule has 0 amide bonds. The van der Waals surface area contributed by atoms with Gasteiger partial charge in [0.15, 0.2) is 5.96 Å². The van der Waals surface area contributed by atoms with Crippen LogP contribution in [0, 0.1) is 5.82 Å². The van der Waals surface area contributed by atoms with Crippen molar-refractivity contribution in [3.8, 4) is 0 Å². The van der Waals surface area contributed by atoms with Gasteiger partial charge >= 0.3 is 0 Å². The number of benzene rings is 2. The fourth-order valence-corrected chi connectivity index (χ4v) is 2.89. The summed E-state index contributed by atoms with van der Waals surface area (Å²) in [4.78, 5) is 11.4. The highest BCUT2D eigenvalue weighted by Crippen LogP contribution is 2.15. The molecule has 0 radical (unpaired) electrons. The Morgan fingerprint density at radius 1 is 1.19 bits per heavy atom. The Balaban J connectivity index is 1.77. The number of hydrogen-bond donors (Lipinski definition) is 1. The summed E-state index contributed by atoms with van der Waals surface area (Å²) in [5.41, 5.74) is 3.11. The number of aromatic nitrogens is 2. The number of guanidine groups is 1. The number of halogens is 1. The van der Waals surface area contributed by atoms with Gasteiger partial charge in [-0.05, 0) is 36.8 Å². The van der Waals surface area contributed by atoms with Crippen molar-refractivity contribution >= 4 is 17.0 Å². The molecule has 0 atom stereocenters. The summed E-state index contributed by atoms with van der Waals surface area (Å²) in [6, 6.07) is 14.6. The molecule has 0 fully saturated rings. The minimum absolute atomic E-state index is 0.223. The first kappa shape index (κ1) is 17.9. The van der Waals surface area contributed by atoms with Crippen molar-refractivity contribution in [2.24, 2.45) is 12.0 Å². The van der Waals surface area contributed by atoms with E-state index in [1.807, 2.05) is 44.1 Å². The van der Waals surface area contributed by atoms with Crippen LogP contribution in [-0.4, -0.2) is 34.0 Å². The smallest absolute Gasteiger partial charge is 0.194 e. The largest absolute Gasteiger partial charge is 0.357 e. The van der Waals surface area contributed by atoms with Gasteiger partial charge in [0, 0.05) is 27.2 Å². The molecule has 0 saturated carbocycles. The predicted octanol–water partition coefficient (Wildman–Crippen LogP) is 3.31. The van der Waals surface area contributed by atoms with Crippen LogP contribution >= 0.6 is 0 Å². The Kier molecular flexibility index (Phi) is 5.51. The van der Waals surface area contributed by atoms with Gasteiger partial charge < -0.3 is 14.8 Å². The SMILES string of the molecule is CCNC(=NCc1nc2ccccc2n1C)N(C)Cc1ccc(F)cc1. The fraction of sp³-hybridized carbons (Fsp3) is 0.300. The topological polar surface area (TPSA) is 45.5 Å². The molecule has 136 valence electrons. The summed E-state index contributed by atoms with van der Waals surface area (Å²) in [6.45, 7) is 3.95. The highest BCUT2D eigenvalue weighted by atomic mass is 19.1. The molecule has 1 heterocycles. The van der Waals surface area contributed by atoms with Gasteiger partial charge in [-0.1, -0.05) is 24.3 Å². The summed E-state index contributed by atoms with van der Waals surface area (Å²) in [5.74, 6) is 1.49. The van der Waals surface area contributed by atoms with Crippen molar-refractivity contribution < 1.29 is 4.39 Å². The van der Waals surface area contributed by atoms with E-state index in [-0.39, 0.29) is 5.82 Å². The zero-order valence-electron chi connectivity index (χ0n) is 15.4. The third kappa shape index (κ3) is 4.02. The van der Waals surface area contributed by atoms with Gasteiger partial charge in [-0.2, -0.15) is 0 Å². The van der Waals surface area contributed by atoms with E-state index in [4.69, 9.17) is 4.99 Å². The van der Waals surface area contributed by atoms with Crippen molar-refractivity contribution in [2.45, 2.75) is 20.0 Å². The average Bonchev–Trinajstić information content (AvgIpc) is 2.97. The lowest BCUT2D eigenvalue weighted by Crippen LogP contribution is -2.38. The summed E-state index contributed by atoms with van der Waals surface area (Å²) in [7, 11) is 3.98. The Hall–Kier alpha value is -2.89. The lowest BCUT2D eigenvalue weighted by molar-refractivity contribution is 0.475. The van der Waals surface area contributed by atoms with E-state index in [0.717, 1.165) is 34.9 Å². The van der Waals surface area contributed by atoms with E-state index in [1.165, 1.54) is 12.1 Å². The molecule has 6 heteroatoms. The van der Waals surface area contributed by atoms with Crippen LogP contribution in [0.15, 0.2) is 53.5 Å². The van der Waals surface area contributed by atoms with E-state index in [2.05, 4.69) is 20.9 Å². The first-order valence-corrected chi connectivity index (χ1v) is 8.72. The summed E-state index contributed by atoms with van der Waals surface area (Å²) >= 11 is 0. The van der Waals surface area contributed by atoms with Gasteiger partial charge in [-0.3, -0.25) is 0 Å². The second-order valence-corrected chi connectivity index (χ2v) is 6.23. The fourth-order valence-electron chi connectivity index (χ4n) is 2.89. The number of nitrogens with one attached hydrogen (secondary N) is 1. The molecule has 0 bridgehead atoms. The van der Waals surface area contributed by atoms with Crippen molar-refractivity contribution in [1.29, 1.82) is 0 Å². The zero-order valence-corrected chi connectivity index (χ0v) is 15.4. The number of imidazole rings is 1. The first-order chi connectivity index (χ1) is 12.6. The molecule has 0 spiro atoms. The van der Waals surface area contributed by atoms with Gasteiger partial charge in [0.25, 0.3) is 0 Å². The molecule has 0 aliphatic rings. The molecule has 3 aromatic rings. The summed E-state index contributed by atoms with van der Waals surface area (Å²) in [5, 5.41) is 3.30. The van der Waals surface area contributed by atoms with E-state index in [0.29, 0.717) is 13.1 Å². The van der Waals surface area contributed by atoms with Gasteiger partial charge in [-0.15, -0.1) is 0 Å². The van der Waals surface area contributed by atoms with Gasteiger partial charge in [0.1, 0.15) is 18.2 Å². The van der Waals surface area contributed by atoms with Crippen LogP contribution < -0.4 is 5.32 Å². The van der Waals surface area contributed by atoms with E-state index in [1.54, 1.807) is 12.1 Å². The molecule has 1 N–H and O–H groups in total. The number of aliphatic imine (C=N–C) groups is 1. The average molecular weight is 353 g/mol. The third-order valence-corrected chi connectivity index (χ3v) is 4.28. The second-order valence-electron chi connectivity index (χ2n) is 6.23. The van der Waals surface area contributed by atoms with Crippen LogP contribution in [0.25, 0.3) is 11.0 Å². The number of hydrogen-bond acceptors (Lipinski definition) is 2. The Bertz CT molecular complexity index is 898. The lowest BCUT2D eigenvalue weighted by Gasteiger charge is -2.22. The highest BCUT2D eigenvalue weighted by molar-refractivity contribution is 5.80. The Morgan fingerprint density at radius 2 is 1.92 bits per heavy atom. The molecule has 0 aliphatic heterocycles. The van der Waals surface area contributed by atoms with Gasteiger partial charge in [0.2, 0.25) is 0 Å². The van der Waals surface area contributed by atoms with Crippen LogP contribution in [0.4, 0.5) is 4.39 Å². The van der Waals surface area contributed by atoms with E-state index in [9.17, 15) is 4.39 Å². The van der Waals surface area contributed by atoms with E-state index >= 15 is 0 Å². The molecule has 26 heavy (non-hydrogen) atoms. The maximum atomic E-state index is 13.1. The predicted molar refractivity (Wildman–Crippen MR) is 103 cm³/mol. The molecule has 0 unspecified atom stereocenters. The van der Waals surface area contributed by atoms with Crippen molar-refractivity contribution in [2.75, 3.05) is 13.6 Å². The zero-order chi connectivity index (χ0) is 18.5. The monoisotopic (exact) mass is 353 g/mol. The summed E-state index contributed by atoms with van der Waals surface area (Å²) in [6.07, 6.45) is 0. The summed E-state index contributed by atoms with van der Waals surface area (Å²) < 4.78 is 15.2. The van der Waals surface area contributed by atoms with Crippen LogP contribution in [0.3, 0.4) is 0 Å². The normalized spacial score (nSPS) is 11.8.